The maximum absolute atomic E-state index is 3.52. The lowest BCUT2D eigenvalue weighted by Gasteiger charge is -2.33. The molecule has 1 aliphatic rings. The Morgan fingerprint density at radius 2 is 0.977 bits per heavy atom. The summed E-state index contributed by atoms with van der Waals surface area (Å²) in [5, 5.41) is 0. The van der Waals surface area contributed by atoms with Crippen molar-refractivity contribution in [2.24, 2.45) is 5.92 Å². The van der Waals surface area contributed by atoms with Gasteiger partial charge < -0.3 is 9.80 Å². The summed E-state index contributed by atoms with van der Waals surface area (Å²) >= 11 is 0. The molecule has 0 heterocycles. The van der Waals surface area contributed by atoms with Crippen molar-refractivity contribution >= 4 is 28.4 Å². The summed E-state index contributed by atoms with van der Waals surface area (Å²) in [6.07, 6.45) is 6.51. The van der Waals surface area contributed by atoms with E-state index >= 15 is 0 Å². The van der Waals surface area contributed by atoms with E-state index < -0.39 is 0 Å². The number of rotatable bonds is 9. The Morgan fingerprint density at radius 1 is 0.545 bits per heavy atom. The van der Waals surface area contributed by atoms with Crippen LogP contribution in [0.1, 0.15) is 37.8 Å². The van der Waals surface area contributed by atoms with Gasteiger partial charge in [0.05, 0.1) is 0 Å². The highest BCUT2D eigenvalue weighted by atomic mass is 15.2. The first-order valence-electron chi connectivity index (χ1n) is 15.7. The molecule has 5 aromatic rings. The van der Waals surface area contributed by atoms with Gasteiger partial charge in [-0.15, -0.1) is 5.73 Å². The molecule has 1 unspecified atom stereocenters. The van der Waals surface area contributed by atoms with Gasteiger partial charge in [-0.2, -0.15) is 0 Å². The molecule has 44 heavy (non-hydrogen) atoms. The number of anilines is 5. The summed E-state index contributed by atoms with van der Waals surface area (Å²) in [5.74, 6) is 0.301. The van der Waals surface area contributed by atoms with Crippen molar-refractivity contribution in [3.8, 4) is 11.1 Å². The van der Waals surface area contributed by atoms with Crippen LogP contribution in [0.2, 0.25) is 0 Å². The van der Waals surface area contributed by atoms with Crippen LogP contribution >= 0.6 is 0 Å². The van der Waals surface area contributed by atoms with Crippen LogP contribution in [-0.4, -0.2) is 0 Å². The largest absolute Gasteiger partial charge is 0.314 e. The molecule has 6 rings (SSSR count). The Bertz CT molecular complexity index is 1790. The van der Waals surface area contributed by atoms with E-state index in [1.54, 1.807) is 0 Å². The SMILES string of the molecule is CCCC1=C=CC=C(N(c2ccc(C)cc2)c2ccc(-c3ccc(N(c4ccccc4)c4ccc(C)cc4)cc3)cc2)C1C. The molecule has 1 atom stereocenters. The molecule has 0 N–H and O–H groups in total. The molecule has 2 heteroatoms. The summed E-state index contributed by atoms with van der Waals surface area (Å²) < 4.78 is 0. The van der Waals surface area contributed by atoms with Gasteiger partial charge in [-0.25, -0.2) is 0 Å². The third-order valence-corrected chi connectivity index (χ3v) is 8.45. The van der Waals surface area contributed by atoms with E-state index in [2.05, 4.69) is 183 Å². The predicted octanol–water partition coefficient (Wildman–Crippen LogP) is 12.0. The normalized spacial score (nSPS) is 14.1. The number of hydrogen-bond donors (Lipinski definition) is 0. The van der Waals surface area contributed by atoms with Crippen LogP contribution in [0.3, 0.4) is 0 Å². The predicted molar refractivity (Wildman–Crippen MR) is 188 cm³/mol. The van der Waals surface area contributed by atoms with Gasteiger partial charge in [0, 0.05) is 40.1 Å². The molecule has 0 spiro atoms. The molecule has 0 saturated heterocycles. The number of benzene rings is 5. The van der Waals surface area contributed by atoms with E-state index in [4.69, 9.17) is 0 Å². The standard InChI is InChI=1S/C42H40N2/c1-5-10-34-11-9-14-42(33(34)4)44(40-25-17-32(3)18-26-40)41-29-21-36(22-30-41)35-19-27-39(28-20-35)43(37-12-7-6-8-13-37)38-23-15-31(2)16-24-38/h6-9,12-30,33H,5,10H2,1-4H3. The Labute approximate surface area is 262 Å². The van der Waals surface area contributed by atoms with E-state index in [0.29, 0.717) is 5.92 Å². The Balaban J connectivity index is 1.31. The first-order valence-corrected chi connectivity index (χ1v) is 15.7. The second kappa shape index (κ2) is 13.1. The zero-order valence-corrected chi connectivity index (χ0v) is 26.2. The molecule has 0 aromatic heterocycles. The summed E-state index contributed by atoms with van der Waals surface area (Å²) in [6, 6.07) is 46.0. The number of hydrogen-bond acceptors (Lipinski definition) is 2. The second-order valence-electron chi connectivity index (χ2n) is 11.7. The lowest BCUT2D eigenvalue weighted by atomic mass is 9.90. The van der Waals surface area contributed by atoms with Crippen molar-refractivity contribution in [1.82, 2.24) is 0 Å². The molecule has 218 valence electrons. The molecule has 0 aliphatic heterocycles. The van der Waals surface area contributed by atoms with Gasteiger partial charge in [0.1, 0.15) is 0 Å². The first kappa shape index (κ1) is 29.1. The van der Waals surface area contributed by atoms with Gasteiger partial charge in [0.15, 0.2) is 0 Å². The maximum atomic E-state index is 3.52. The van der Waals surface area contributed by atoms with Crippen molar-refractivity contribution in [1.29, 1.82) is 0 Å². The zero-order valence-electron chi connectivity index (χ0n) is 26.2. The van der Waals surface area contributed by atoms with Crippen LogP contribution in [0.25, 0.3) is 11.1 Å². The highest BCUT2D eigenvalue weighted by molar-refractivity contribution is 5.79. The lowest BCUT2D eigenvalue weighted by Crippen LogP contribution is -2.23. The Morgan fingerprint density at radius 3 is 1.45 bits per heavy atom. The van der Waals surface area contributed by atoms with Gasteiger partial charge in [-0.05, 0) is 110 Å². The molecule has 0 bridgehead atoms. The smallest absolute Gasteiger partial charge is 0.0462 e. The Kier molecular flexibility index (Phi) is 8.64. The highest BCUT2D eigenvalue weighted by Crippen LogP contribution is 2.39. The quantitative estimate of drug-likeness (QED) is 0.162. The maximum Gasteiger partial charge on any atom is 0.0462 e. The average molecular weight is 573 g/mol. The highest BCUT2D eigenvalue weighted by Gasteiger charge is 2.23. The van der Waals surface area contributed by atoms with Crippen LogP contribution in [0.15, 0.2) is 157 Å². The summed E-state index contributed by atoms with van der Waals surface area (Å²) in [6.45, 7) is 8.82. The zero-order chi connectivity index (χ0) is 30.5. The van der Waals surface area contributed by atoms with Crippen molar-refractivity contribution in [3.63, 3.8) is 0 Å². The molecule has 0 amide bonds. The van der Waals surface area contributed by atoms with Crippen LogP contribution in [0, 0.1) is 19.8 Å². The van der Waals surface area contributed by atoms with Crippen molar-refractivity contribution in [2.45, 2.75) is 40.5 Å². The average Bonchev–Trinajstić information content (AvgIpc) is 3.06. The molecule has 0 fully saturated rings. The van der Waals surface area contributed by atoms with Crippen molar-refractivity contribution < 1.29 is 0 Å². The third-order valence-electron chi connectivity index (χ3n) is 8.45. The van der Waals surface area contributed by atoms with E-state index in [0.717, 1.165) is 35.6 Å². The van der Waals surface area contributed by atoms with Crippen LogP contribution < -0.4 is 9.80 Å². The first-order chi connectivity index (χ1) is 21.5. The summed E-state index contributed by atoms with van der Waals surface area (Å²) in [7, 11) is 0. The van der Waals surface area contributed by atoms with E-state index in [9.17, 15) is 0 Å². The molecular weight excluding hydrogens is 532 g/mol. The molecule has 0 radical (unpaired) electrons. The van der Waals surface area contributed by atoms with E-state index in [1.165, 1.54) is 39.2 Å². The number of nitrogens with zero attached hydrogens (tertiary/aromatic N) is 2. The fourth-order valence-electron chi connectivity index (χ4n) is 5.97. The fraction of sp³-hybridized carbons (Fsp3) is 0.167. The van der Waals surface area contributed by atoms with Crippen LogP contribution in [-0.2, 0) is 0 Å². The monoisotopic (exact) mass is 572 g/mol. The van der Waals surface area contributed by atoms with Gasteiger partial charge in [-0.3, -0.25) is 0 Å². The van der Waals surface area contributed by atoms with Crippen LogP contribution in [0.4, 0.5) is 28.4 Å². The molecule has 5 aromatic carbocycles. The summed E-state index contributed by atoms with van der Waals surface area (Å²) in [5.41, 5.74) is 16.8. The molecule has 1 aliphatic carbocycles. The minimum absolute atomic E-state index is 0.301. The molecular formula is C42H40N2. The fourth-order valence-corrected chi connectivity index (χ4v) is 5.97. The minimum Gasteiger partial charge on any atom is -0.314 e. The number of allylic oxidation sites excluding steroid dienone is 2. The van der Waals surface area contributed by atoms with Gasteiger partial charge in [0.2, 0.25) is 0 Å². The summed E-state index contributed by atoms with van der Waals surface area (Å²) in [4.78, 5) is 4.71. The molecule has 2 nitrogen and oxygen atoms in total. The second-order valence-corrected chi connectivity index (χ2v) is 11.7. The number of para-hydroxylation sites is 1. The van der Waals surface area contributed by atoms with Gasteiger partial charge in [-0.1, -0.05) is 98.1 Å². The topological polar surface area (TPSA) is 6.48 Å². The van der Waals surface area contributed by atoms with Gasteiger partial charge >= 0.3 is 0 Å². The van der Waals surface area contributed by atoms with Crippen molar-refractivity contribution in [2.75, 3.05) is 9.80 Å². The third kappa shape index (κ3) is 6.18. The van der Waals surface area contributed by atoms with Gasteiger partial charge in [0.25, 0.3) is 0 Å². The molecule has 0 saturated carbocycles. The van der Waals surface area contributed by atoms with E-state index in [1.807, 2.05) is 0 Å². The lowest BCUT2D eigenvalue weighted by molar-refractivity contribution is 0.708. The minimum atomic E-state index is 0.301. The number of aryl methyl sites for hydroxylation is 2. The Hall–Kier alpha value is -5.04. The van der Waals surface area contributed by atoms with Crippen LogP contribution in [0.5, 0.6) is 0 Å². The van der Waals surface area contributed by atoms with E-state index in [-0.39, 0.29) is 0 Å². The van der Waals surface area contributed by atoms with Crippen molar-refractivity contribution in [3.05, 3.63) is 168 Å².